The van der Waals surface area contributed by atoms with Crippen LogP contribution in [0.1, 0.15) is 15.9 Å². The van der Waals surface area contributed by atoms with Crippen molar-refractivity contribution >= 4 is 43.4 Å². The van der Waals surface area contributed by atoms with E-state index >= 15 is 0 Å². The molecule has 0 saturated carbocycles. The quantitative estimate of drug-likeness (QED) is 0.418. The fourth-order valence-corrected chi connectivity index (χ4v) is 1.89. The fourth-order valence-electron chi connectivity index (χ4n) is 1.12. The van der Waals surface area contributed by atoms with Gasteiger partial charge >= 0.3 is 5.97 Å². The summed E-state index contributed by atoms with van der Waals surface area (Å²) in [5.41, 5.74) is 0.445. The van der Waals surface area contributed by atoms with Crippen LogP contribution in [0.25, 0.3) is 0 Å². The molecule has 0 aromatic heterocycles. The Kier molecular flexibility index (Phi) is 5.56. The van der Waals surface area contributed by atoms with Crippen molar-refractivity contribution < 1.29 is 22.5 Å². The predicted octanol–water partition coefficient (Wildman–Crippen LogP) is 0.648. The Labute approximate surface area is 114 Å². The summed E-state index contributed by atoms with van der Waals surface area (Å²) < 4.78 is 35.2. The van der Waals surface area contributed by atoms with Gasteiger partial charge in [0.25, 0.3) is 10.1 Å². The van der Waals surface area contributed by atoms with Gasteiger partial charge in [0.2, 0.25) is 0 Å². The molecule has 0 amide bonds. The van der Waals surface area contributed by atoms with Crippen molar-refractivity contribution in [3.8, 4) is 0 Å². The van der Waals surface area contributed by atoms with Crippen molar-refractivity contribution in [1.82, 2.24) is 0 Å². The van der Waals surface area contributed by atoms with Gasteiger partial charge in [-0.1, -0.05) is 6.07 Å². The number of rotatable bonds is 2. The molecule has 86 valence electrons. The fraction of sp³-hybridized carbons (Fsp3) is 0.222. The van der Waals surface area contributed by atoms with Crippen LogP contribution in [0.4, 0.5) is 0 Å². The molecule has 0 saturated heterocycles. The Morgan fingerprint density at radius 2 is 1.94 bits per heavy atom. The molecule has 0 atom stereocenters. The monoisotopic (exact) mass is 438 g/mol. The molecule has 0 spiro atoms. The predicted molar refractivity (Wildman–Crippen MR) is 58.1 cm³/mol. The molecule has 0 fully saturated rings. The van der Waals surface area contributed by atoms with Crippen LogP contribution < -0.4 is 0 Å². The van der Waals surface area contributed by atoms with Crippen molar-refractivity contribution in [1.29, 1.82) is 0 Å². The number of methoxy groups -OCH3 is 1. The van der Waals surface area contributed by atoms with E-state index in [2.05, 4.69) is 4.74 Å². The van der Waals surface area contributed by atoms with Gasteiger partial charge in [-0.3, -0.25) is 4.55 Å². The maximum Gasteiger partial charge on any atom is 0.339 e. The van der Waals surface area contributed by atoms with Gasteiger partial charge in [-0.05, 0) is 24.6 Å². The third kappa shape index (κ3) is 3.53. The van der Waals surface area contributed by atoms with Crippen molar-refractivity contribution in [3.63, 3.8) is 0 Å². The molecule has 0 aliphatic rings. The first-order chi connectivity index (χ1) is 6.86. The van der Waals surface area contributed by atoms with Gasteiger partial charge in [0, 0.05) is 27.3 Å². The van der Waals surface area contributed by atoms with Crippen molar-refractivity contribution in [2.45, 2.75) is 11.8 Å². The Morgan fingerprint density at radius 3 is 2.38 bits per heavy atom. The van der Waals surface area contributed by atoms with Gasteiger partial charge in [0.1, 0.15) is 4.90 Å². The zero-order valence-corrected chi connectivity index (χ0v) is 13.4. The third-order valence-corrected chi connectivity index (χ3v) is 2.71. The molecule has 1 aromatic rings. The number of hydrogen-bond donors (Lipinski definition) is 1. The zero-order valence-electron chi connectivity index (χ0n) is 8.72. The summed E-state index contributed by atoms with van der Waals surface area (Å²) in [7, 11) is -3.28. The van der Waals surface area contributed by atoms with Gasteiger partial charge in [0.15, 0.2) is 0 Å². The summed E-state index contributed by atoms with van der Waals surface area (Å²) in [4.78, 5) is 10.8. The van der Waals surface area contributed by atoms with Gasteiger partial charge in [0.05, 0.1) is 12.7 Å². The molecular weight excluding hydrogens is 427 g/mol. The van der Waals surface area contributed by atoms with Crippen LogP contribution in [0.5, 0.6) is 0 Å². The maximum atomic E-state index is 11.2. The Morgan fingerprint density at radius 1 is 1.38 bits per heavy atom. The van der Waals surface area contributed by atoms with Crippen LogP contribution in [0.2, 0.25) is 0 Å². The van der Waals surface area contributed by atoms with E-state index in [0.29, 0.717) is 5.56 Å². The first-order valence-electron chi connectivity index (χ1n) is 4.02. The normalized spacial score (nSPS) is 10.4. The summed E-state index contributed by atoms with van der Waals surface area (Å²) in [6.45, 7) is 1.65. The molecular formula is C9H10O5PbS. The number of aryl methyl sites for hydroxylation is 1. The number of carbonyl (C=O) groups is 1. The largest absolute Gasteiger partial charge is 0.465 e. The molecule has 5 nitrogen and oxygen atoms in total. The van der Waals surface area contributed by atoms with Gasteiger partial charge in [-0.15, -0.1) is 0 Å². The van der Waals surface area contributed by atoms with E-state index in [4.69, 9.17) is 4.55 Å². The molecule has 7 heteroatoms. The summed E-state index contributed by atoms with van der Waals surface area (Å²) in [5.74, 6) is -0.803. The van der Waals surface area contributed by atoms with Crippen LogP contribution in [0.3, 0.4) is 0 Å². The van der Waals surface area contributed by atoms with E-state index in [1.165, 1.54) is 12.1 Å². The summed E-state index contributed by atoms with van der Waals surface area (Å²) in [6, 6.07) is 4.06. The number of carbonyl (C=O) groups excluding carboxylic acids is 1. The maximum absolute atomic E-state index is 11.2. The van der Waals surface area contributed by atoms with Crippen LogP contribution in [0.15, 0.2) is 23.1 Å². The number of benzene rings is 1. The molecule has 1 rings (SSSR count). The Bertz CT molecular complexity index is 495. The second-order valence-electron chi connectivity index (χ2n) is 2.97. The average Bonchev–Trinajstić information content (AvgIpc) is 2.15. The number of hydrogen-bond acceptors (Lipinski definition) is 4. The molecule has 1 N–H and O–H groups in total. The van der Waals surface area contributed by atoms with Crippen molar-refractivity contribution in [2.75, 3.05) is 7.11 Å². The summed E-state index contributed by atoms with van der Waals surface area (Å²) >= 11 is 0. The van der Waals surface area contributed by atoms with Crippen LogP contribution in [-0.4, -0.2) is 53.3 Å². The second-order valence-corrected chi connectivity index (χ2v) is 4.36. The van der Waals surface area contributed by atoms with Gasteiger partial charge in [-0.2, -0.15) is 8.42 Å². The molecule has 0 aliphatic carbocycles. The molecule has 0 bridgehead atoms. The smallest absolute Gasteiger partial charge is 0.339 e. The van der Waals surface area contributed by atoms with Crippen LogP contribution in [-0.2, 0) is 14.9 Å². The van der Waals surface area contributed by atoms with E-state index in [-0.39, 0.29) is 32.9 Å². The van der Waals surface area contributed by atoms with E-state index in [1.807, 2.05) is 0 Å². The molecule has 0 heterocycles. The van der Waals surface area contributed by atoms with E-state index < -0.39 is 21.0 Å². The molecule has 0 unspecified atom stereocenters. The SMILES string of the molecule is COC(=O)c1ccc(C)cc1S(=O)(=O)O.[Pb]. The van der Waals surface area contributed by atoms with Crippen LogP contribution >= 0.6 is 0 Å². The third-order valence-electron chi connectivity index (χ3n) is 1.82. The van der Waals surface area contributed by atoms with Gasteiger partial charge < -0.3 is 4.74 Å². The second kappa shape index (κ2) is 5.73. The van der Waals surface area contributed by atoms with Crippen LogP contribution in [0, 0.1) is 6.92 Å². The molecule has 0 aliphatic heterocycles. The number of esters is 1. The Balaban J connectivity index is 0.00000225. The van der Waals surface area contributed by atoms with Gasteiger partial charge in [-0.25, -0.2) is 4.79 Å². The topological polar surface area (TPSA) is 80.7 Å². The standard InChI is InChI=1S/C9H10O5S.Pb/c1-6-3-4-7(9(10)14-2)8(5-6)15(11,12)13;/h3-5H,1-2H3,(H,11,12,13);. The minimum atomic E-state index is -4.41. The molecule has 4 radical (unpaired) electrons. The van der Waals surface area contributed by atoms with Crippen molar-refractivity contribution in [3.05, 3.63) is 29.3 Å². The first kappa shape index (κ1) is 15.5. The minimum absolute atomic E-state index is 0. The average molecular weight is 437 g/mol. The van der Waals surface area contributed by atoms with E-state index in [1.54, 1.807) is 13.0 Å². The minimum Gasteiger partial charge on any atom is -0.465 e. The number of ether oxygens (including phenoxy) is 1. The van der Waals surface area contributed by atoms with Crippen molar-refractivity contribution in [2.24, 2.45) is 0 Å². The first-order valence-corrected chi connectivity index (χ1v) is 5.46. The zero-order chi connectivity index (χ0) is 11.6. The summed E-state index contributed by atoms with van der Waals surface area (Å²) in [6.07, 6.45) is 0. The molecule has 1 aromatic carbocycles. The summed E-state index contributed by atoms with van der Waals surface area (Å²) in [5, 5.41) is 0. The molecule has 16 heavy (non-hydrogen) atoms. The Hall–Kier alpha value is -0.478. The van der Waals surface area contributed by atoms with E-state index in [0.717, 1.165) is 7.11 Å². The van der Waals surface area contributed by atoms with E-state index in [9.17, 15) is 13.2 Å².